The Kier molecular flexibility index (Phi) is 7.56. The van der Waals surface area contributed by atoms with Crippen LogP contribution in [0.4, 0.5) is 0 Å². The zero-order chi connectivity index (χ0) is 24.8. The van der Waals surface area contributed by atoms with Gasteiger partial charge in [0.1, 0.15) is 0 Å². The van der Waals surface area contributed by atoms with Crippen molar-refractivity contribution in [2.75, 3.05) is 0 Å². The second kappa shape index (κ2) is 11.0. The SMILES string of the molecule is S=P(/C=C(/c1cccnc1)P(=S)(c1ccccc1)c1ccccc1)(c1ccccc1)c1ccccc1. The summed E-state index contributed by atoms with van der Waals surface area (Å²) in [5, 5.41) is 5.68. The highest BCUT2D eigenvalue weighted by Crippen LogP contribution is 2.61. The van der Waals surface area contributed by atoms with Gasteiger partial charge in [0, 0.05) is 35.3 Å². The number of nitrogens with zero attached hydrogens (tertiary/aromatic N) is 1. The van der Waals surface area contributed by atoms with E-state index < -0.39 is 12.1 Å². The highest BCUT2D eigenvalue weighted by molar-refractivity contribution is 8.28. The molecule has 0 saturated heterocycles. The van der Waals surface area contributed by atoms with Gasteiger partial charge in [-0.25, -0.2) is 0 Å². The summed E-state index contributed by atoms with van der Waals surface area (Å²) in [5.74, 6) is 2.34. The Bertz CT molecular complexity index is 1470. The van der Waals surface area contributed by atoms with E-state index in [0.29, 0.717) is 0 Å². The maximum Gasteiger partial charge on any atom is 0.0386 e. The standard InChI is InChI=1S/C31H25NP2S2/c35-33(27-15-5-1-6-16-27,28-17-7-2-8-18-28)25-31(26-14-13-23-32-24-26)34(36,29-19-9-3-10-20-29)30-21-11-4-12-22-30/h1-25H/b31-25-. The van der Waals surface area contributed by atoms with Crippen molar-refractivity contribution >= 4 is 62.2 Å². The van der Waals surface area contributed by atoms with E-state index in [4.69, 9.17) is 23.6 Å². The first kappa shape index (κ1) is 24.8. The van der Waals surface area contributed by atoms with E-state index >= 15 is 0 Å². The van der Waals surface area contributed by atoms with Crippen LogP contribution in [0.25, 0.3) is 5.31 Å². The van der Waals surface area contributed by atoms with E-state index in [1.54, 1.807) is 6.20 Å². The molecular formula is C31H25NP2S2. The highest BCUT2D eigenvalue weighted by Gasteiger charge is 2.31. The van der Waals surface area contributed by atoms with Gasteiger partial charge in [-0.1, -0.05) is 151 Å². The number of hydrogen-bond donors (Lipinski definition) is 0. The molecule has 5 heteroatoms. The van der Waals surface area contributed by atoms with Gasteiger partial charge in [0.05, 0.1) is 0 Å². The molecule has 5 aromatic rings. The molecule has 0 N–H and O–H groups in total. The molecule has 36 heavy (non-hydrogen) atoms. The van der Waals surface area contributed by atoms with Gasteiger partial charge in [-0.05, 0) is 33.1 Å². The number of pyridine rings is 1. The second-order valence-electron chi connectivity index (χ2n) is 8.37. The van der Waals surface area contributed by atoms with Crippen molar-refractivity contribution in [1.82, 2.24) is 4.98 Å². The van der Waals surface area contributed by atoms with Gasteiger partial charge in [-0.15, -0.1) is 0 Å². The molecule has 0 spiro atoms. The van der Waals surface area contributed by atoms with Gasteiger partial charge >= 0.3 is 0 Å². The van der Waals surface area contributed by atoms with E-state index in [9.17, 15) is 0 Å². The molecule has 176 valence electrons. The van der Waals surface area contributed by atoms with Crippen LogP contribution in [-0.2, 0) is 23.6 Å². The molecule has 4 aromatic carbocycles. The maximum atomic E-state index is 6.79. The lowest BCUT2D eigenvalue weighted by Crippen LogP contribution is -2.19. The maximum absolute atomic E-state index is 6.79. The number of hydrogen-bond acceptors (Lipinski definition) is 3. The van der Waals surface area contributed by atoms with Gasteiger partial charge in [-0.3, -0.25) is 4.98 Å². The fourth-order valence-electron chi connectivity index (χ4n) is 4.32. The molecule has 1 nitrogen and oxygen atoms in total. The molecule has 0 unspecified atom stereocenters. The van der Waals surface area contributed by atoms with Crippen molar-refractivity contribution in [2.45, 2.75) is 0 Å². The van der Waals surface area contributed by atoms with Gasteiger partial charge in [0.15, 0.2) is 0 Å². The Morgan fingerprint density at radius 2 is 0.944 bits per heavy atom. The zero-order valence-electron chi connectivity index (χ0n) is 19.6. The van der Waals surface area contributed by atoms with Crippen LogP contribution in [0.3, 0.4) is 0 Å². The molecule has 5 rings (SSSR count). The van der Waals surface area contributed by atoms with Crippen LogP contribution in [0, 0.1) is 0 Å². The molecule has 1 aromatic heterocycles. The molecule has 0 atom stereocenters. The van der Waals surface area contributed by atoms with Crippen LogP contribution in [0.1, 0.15) is 5.56 Å². The van der Waals surface area contributed by atoms with Crippen molar-refractivity contribution in [3.8, 4) is 0 Å². The summed E-state index contributed by atoms with van der Waals surface area (Å²) >= 11 is 13.5. The van der Waals surface area contributed by atoms with Crippen LogP contribution >= 0.6 is 12.1 Å². The Morgan fingerprint density at radius 1 is 0.528 bits per heavy atom. The Balaban J connectivity index is 1.89. The lowest BCUT2D eigenvalue weighted by atomic mass is 10.3. The number of rotatable bonds is 7. The third kappa shape index (κ3) is 4.85. The molecule has 0 saturated carbocycles. The van der Waals surface area contributed by atoms with Gasteiger partial charge in [0.25, 0.3) is 0 Å². The molecule has 0 aliphatic rings. The summed E-state index contributed by atoms with van der Waals surface area (Å²) in [6.45, 7) is 0. The van der Waals surface area contributed by atoms with Gasteiger partial charge < -0.3 is 0 Å². The molecule has 1 heterocycles. The van der Waals surface area contributed by atoms with Crippen LogP contribution < -0.4 is 21.2 Å². The fourth-order valence-corrected chi connectivity index (χ4v) is 13.1. The topological polar surface area (TPSA) is 12.9 Å². The third-order valence-electron chi connectivity index (χ3n) is 6.12. The zero-order valence-corrected chi connectivity index (χ0v) is 23.0. The minimum Gasteiger partial charge on any atom is -0.264 e. The van der Waals surface area contributed by atoms with E-state index in [2.05, 4.69) is 114 Å². The average Bonchev–Trinajstić information content (AvgIpc) is 2.97. The predicted molar refractivity (Wildman–Crippen MR) is 165 cm³/mol. The summed E-state index contributed by atoms with van der Waals surface area (Å²) in [5.41, 5.74) is 1.02. The van der Waals surface area contributed by atoms with Crippen LogP contribution in [0.2, 0.25) is 0 Å². The molecule has 0 bridgehead atoms. The molecule has 0 radical (unpaired) electrons. The van der Waals surface area contributed by atoms with E-state index in [-0.39, 0.29) is 0 Å². The number of aromatic nitrogens is 1. The highest BCUT2D eigenvalue weighted by atomic mass is 32.4. The molecular weight excluding hydrogens is 512 g/mol. The predicted octanol–water partition coefficient (Wildman–Crippen LogP) is 6.64. The van der Waals surface area contributed by atoms with Gasteiger partial charge in [0.2, 0.25) is 0 Å². The third-order valence-corrected chi connectivity index (χ3v) is 15.6. The largest absolute Gasteiger partial charge is 0.264 e. The second-order valence-corrected chi connectivity index (χ2v) is 17.1. The van der Waals surface area contributed by atoms with Gasteiger partial charge in [-0.2, -0.15) is 0 Å². The molecule has 0 aliphatic carbocycles. The molecule has 0 fully saturated rings. The molecule has 0 amide bonds. The average molecular weight is 538 g/mol. The fraction of sp³-hybridized carbons (Fsp3) is 0. The Morgan fingerprint density at radius 3 is 1.33 bits per heavy atom. The first-order chi connectivity index (χ1) is 17.6. The lowest BCUT2D eigenvalue weighted by molar-refractivity contribution is 1.32. The first-order valence-corrected chi connectivity index (χ1v) is 17.4. The number of benzene rings is 4. The van der Waals surface area contributed by atoms with Crippen LogP contribution in [0.5, 0.6) is 0 Å². The lowest BCUT2D eigenvalue weighted by Gasteiger charge is -2.30. The summed E-state index contributed by atoms with van der Waals surface area (Å²) in [6.07, 6.45) is 3.73. The van der Waals surface area contributed by atoms with E-state index in [1.807, 2.05) is 36.5 Å². The molecule has 0 aliphatic heterocycles. The Labute approximate surface area is 223 Å². The monoisotopic (exact) mass is 537 g/mol. The van der Waals surface area contributed by atoms with Crippen molar-refractivity contribution in [2.24, 2.45) is 0 Å². The van der Waals surface area contributed by atoms with Crippen LogP contribution in [-0.4, -0.2) is 4.98 Å². The normalized spacial score (nSPS) is 12.3. The smallest absolute Gasteiger partial charge is 0.0386 e. The van der Waals surface area contributed by atoms with Crippen molar-refractivity contribution < 1.29 is 0 Å². The summed E-state index contributed by atoms with van der Waals surface area (Å²) in [7, 11) is 0. The minimum atomic E-state index is -2.48. The van der Waals surface area contributed by atoms with Crippen LogP contribution in [0.15, 0.2) is 152 Å². The minimum absolute atomic E-state index is 1.02. The van der Waals surface area contributed by atoms with Crippen molar-refractivity contribution in [1.29, 1.82) is 0 Å². The van der Waals surface area contributed by atoms with Crippen molar-refractivity contribution in [3.05, 3.63) is 157 Å². The first-order valence-electron chi connectivity index (χ1n) is 11.7. The summed E-state index contributed by atoms with van der Waals surface area (Å²) < 4.78 is 0. The van der Waals surface area contributed by atoms with E-state index in [0.717, 1.165) is 32.1 Å². The quantitative estimate of drug-likeness (QED) is 0.216. The van der Waals surface area contributed by atoms with Crippen molar-refractivity contribution in [3.63, 3.8) is 0 Å². The van der Waals surface area contributed by atoms with E-state index in [1.165, 1.54) is 0 Å². The summed E-state index contributed by atoms with van der Waals surface area (Å²) in [4.78, 5) is 4.49. The Hall–Kier alpha value is -2.93. The summed E-state index contributed by atoms with van der Waals surface area (Å²) in [6, 6.07) is 41.2.